The van der Waals surface area contributed by atoms with Crippen molar-refractivity contribution in [1.29, 1.82) is 0 Å². The molecule has 27 heavy (non-hydrogen) atoms. The van der Waals surface area contributed by atoms with Gasteiger partial charge in [-0.25, -0.2) is 14.2 Å². The molecule has 2 aromatic heterocycles. The molecule has 0 spiro atoms. The van der Waals surface area contributed by atoms with Crippen LogP contribution in [0.25, 0.3) is 21.8 Å². The third-order valence-corrected chi connectivity index (χ3v) is 4.24. The summed E-state index contributed by atoms with van der Waals surface area (Å²) in [6.45, 7) is 2.27. The predicted octanol–water partition coefficient (Wildman–Crippen LogP) is 4.61. The van der Waals surface area contributed by atoms with Crippen LogP contribution in [0.4, 0.5) is 4.39 Å². The van der Waals surface area contributed by atoms with Gasteiger partial charge in [0.25, 0.3) is 0 Å². The van der Waals surface area contributed by atoms with E-state index in [1.54, 1.807) is 31.3 Å². The van der Waals surface area contributed by atoms with Crippen molar-refractivity contribution >= 4 is 27.8 Å². The Morgan fingerprint density at radius 3 is 2.81 bits per heavy atom. The van der Waals surface area contributed by atoms with Gasteiger partial charge in [0.15, 0.2) is 0 Å². The fourth-order valence-electron chi connectivity index (χ4n) is 3.04. The molecule has 0 radical (unpaired) electrons. The lowest BCUT2D eigenvalue weighted by Crippen LogP contribution is -2.06. The van der Waals surface area contributed by atoms with E-state index in [0.29, 0.717) is 5.75 Å². The maximum Gasteiger partial charge on any atom is 0.356 e. The molecule has 0 fully saturated rings. The van der Waals surface area contributed by atoms with Crippen LogP contribution in [0.2, 0.25) is 0 Å². The first-order chi connectivity index (χ1) is 13.2. The van der Waals surface area contributed by atoms with Crippen LogP contribution in [-0.2, 0) is 11.3 Å². The van der Waals surface area contributed by atoms with Crippen LogP contribution in [-0.4, -0.2) is 22.5 Å². The number of H-pyrrole nitrogens is 1. The van der Waals surface area contributed by atoms with E-state index in [9.17, 15) is 9.18 Å². The minimum absolute atomic E-state index is 0.235. The van der Waals surface area contributed by atoms with Crippen molar-refractivity contribution in [1.82, 2.24) is 9.97 Å². The molecule has 0 atom stereocenters. The molecule has 0 aliphatic heterocycles. The van der Waals surface area contributed by atoms with Gasteiger partial charge in [-0.05, 0) is 42.8 Å². The van der Waals surface area contributed by atoms with E-state index in [1.165, 1.54) is 12.1 Å². The van der Waals surface area contributed by atoms with Gasteiger partial charge >= 0.3 is 5.97 Å². The first-order valence-electron chi connectivity index (χ1n) is 8.60. The summed E-state index contributed by atoms with van der Waals surface area (Å²) in [5.41, 5.74) is 2.63. The van der Waals surface area contributed by atoms with E-state index in [0.717, 1.165) is 27.4 Å². The number of aromatic amines is 1. The number of nitrogens with one attached hydrogen (secondary N) is 1. The second kappa shape index (κ2) is 7.07. The normalized spacial score (nSPS) is 11.0. The van der Waals surface area contributed by atoms with E-state index < -0.39 is 5.97 Å². The Morgan fingerprint density at radius 1 is 1.15 bits per heavy atom. The Hall–Kier alpha value is -3.41. The smallest absolute Gasteiger partial charge is 0.356 e. The van der Waals surface area contributed by atoms with Gasteiger partial charge in [-0.15, -0.1) is 0 Å². The van der Waals surface area contributed by atoms with Gasteiger partial charge in [0.05, 0.1) is 23.8 Å². The molecule has 0 saturated carbocycles. The number of nitrogens with zero attached hydrogens (tertiary/aromatic N) is 1. The van der Waals surface area contributed by atoms with Crippen molar-refractivity contribution in [3.05, 3.63) is 71.8 Å². The van der Waals surface area contributed by atoms with E-state index in [-0.39, 0.29) is 24.7 Å². The highest BCUT2D eigenvalue weighted by atomic mass is 19.1. The van der Waals surface area contributed by atoms with Gasteiger partial charge in [0.1, 0.15) is 23.9 Å². The highest BCUT2D eigenvalue weighted by Gasteiger charge is 2.15. The van der Waals surface area contributed by atoms with Gasteiger partial charge in [-0.1, -0.05) is 18.2 Å². The van der Waals surface area contributed by atoms with Crippen molar-refractivity contribution in [2.24, 2.45) is 0 Å². The third-order valence-electron chi connectivity index (χ3n) is 4.24. The zero-order valence-electron chi connectivity index (χ0n) is 14.7. The number of fused-ring (bicyclic) bond motifs is 3. The second-order valence-corrected chi connectivity index (χ2v) is 6.06. The molecular weight excluding hydrogens is 347 g/mol. The van der Waals surface area contributed by atoms with Gasteiger partial charge in [-0.3, -0.25) is 0 Å². The molecule has 0 aliphatic carbocycles. The number of pyridine rings is 1. The standard InChI is InChI=1S/C21H17FN2O3/c1-2-26-21(25)17-10-15-18(11-23-17)24-16-7-4-8-19(20(15)16)27-12-13-5-3-6-14(22)9-13/h3-11,24H,2,12H2,1H3. The molecular formula is C21H17FN2O3. The van der Waals surface area contributed by atoms with Crippen LogP contribution in [0.5, 0.6) is 5.75 Å². The molecule has 4 rings (SSSR count). The summed E-state index contributed by atoms with van der Waals surface area (Å²) in [5.74, 6) is -0.123. The predicted molar refractivity (Wildman–Crippen MR) is 100 cm³/mol. The Morgan fingerprint density at radius 2 is 2.00 bits per heavy atom. The van der Waals surface area contributed by atoms with Crippen molar-refractivity contribution in [2.45, 2.75) is 13.5 Å². The number of carbonyl (C=O) groups excluding carboxylic acids is 1. The van der Waals surface area contributed by atoms with E-state index in [1.807, 2.05) is 18.2 Å². The number of aromatic nitrogens is 2. The molecule has 0 aliphatic rings. The lowest BCUT2D eigenvalue weighted by molar-refractivity contribution is 0.0519. The van der Waals surface area contributed by atoms with Crippen molar-refractivity contribution in [3.8, 4) is 5.75 Å². The maximum absolute atomic E-state index is 13.4. The van der Waals surface area contributed by atoms with Gasteiger partial charge < -0.3 is 14.5 Å². The highest BCUT2D eigenvalue weighted by Crippen LogP contribution is 2.33. The van der Waals surface area contributed by atoms with Crippen LogP contribution in [0.1, 0.15) is 23.0 Å². The number of rotatable bonds is 5. The van der Waals surface area contributed by atoms with Crippen LogP contribution in [0, 0.1) is 5.82 Å². The van der Waals surface area contributed by atoms with Crippen LogP contribution in [0.15, 0.2) is 54.7 Å². The molecule has 0 bridgehead atoms. The summed E-state index contributed by atoms with van der Waals surface area (Å²) in [7, 11) is 0. The third kappa shape index (κ3) is 3.33. The van der Waals surface area contributed by atoms with Crippen LogP contribution >= 0.6 is 0 Å². The van der Waals surface area contributed by atoms with E-state index >= 15 is 0 Å². The summed E-state index contributed by atoms with van der Waals surface area (Å²) >= 11 is 0. The number of hydrogen-bond acceptors (Lipinski definition) is 4. The van der Waals surface area contributed by atoms with Gasteiger partial charge in [0.2, 0.25) is 0 Å². The summed E-state index contributed by atoms with van der Waals surface area (Å²) in [6.07, 6.45) is 1.61. The Labute approximate surface area is 154 Å². The Bertz CT molecular complexity index is 1140. The Balaban J connectivity index is 1.75. The number of ether oxygens (including phenoxy) is 2. The molecule has 5 nitrogen and oxygen atoms in total. The molecule has 0 saturated heterocycles. The van der Waals surface area contributed by atoms with E-state index in [2.05, 4.69) is 9.97 Å². The lowest BCUT2D eigenvalue weighted by atomic mass is 10.1. The number of halogens is 1. The first-order valence-corrected chi connectivity index (χ1v) is 8.60. The second-order valence-electron chi connectivity index (χ2n) is 6.06. The lowest BCUT2D eigenvalue weighted by Gasteiger charge is -2.08. The van der Waals surface area contributed by atoms with Crippen molar-refractivity contribution in [2.75, 3.05) is 6.61 Å². The minimum Gasteiger partial charge on any atom is -0.488 e. The molecule has 0 unspecified atom stereocenters. The average molecular weight is 364 g/mol. The topological polar surface area (TPSA) is 64.2 Å². The number of carbonyl (C=O) groups is 1. The first kappa shape index (κ1) is 17.0. The maximum atomic E-state index is 13.4. The zero-order chi connectivity index (χ0) is 18.8. The molecule has 2 aromatic carbocycles. The number of benzene rings is 2. The number of esters is 1. The van der Waals surface area contributed by atoms with Crippen molar-refractivity contribution < 1.29 is 18.7 Å². The van der Waals surface area contributed by atoms with Gasteiger partial charge in [0, 0.05) is 10.8 Å². The molecule has 6 heteroatoms. The summed E-state index contributed by atoms with van der Waals surface area (Å²) in [5, 5.41) is 1.66. The zero-order valence-corrected chi connectivity index (χ0v) is 14.7. The minimum atomic E-state index is -0.466. The summed E-state index contributed by atoms with van der Waals surface area (Å²) < 4.78 is 24.4. The van der Waals surface area contributed by atoms with Crippen molar-refractivity contribution in [3.63, 3.8) is 0 Å². The summed E-state index contributed by atoms with van der Waals surface area (Å²) in [4.78, 5) is 19.4. The fraction of sp³-hybridized carbons (Fsp3) is 0.143. The monoisotopic (exact) mass is 364 g/mol. The molecule has 136 valence electrons. The number of hydrogen-bond donors (Lipinski definition) is 1. The highest BCUT2D eigenvalue weighted by molar-refractivity contribution is 6.11. The SMILES string of the molecule is CCOC(=O)c1cc2c(cn1)[nH]c1cccc(OCc3cccc(F)c3)c12. The molecule has 0 amide bonds. The van der Waals surface area contributed by atoms with Gasteiger partial charge in [-0.2, -0.15) is 0 Å². The Kier molecular flexibility index (Phi) is 4.46. The molecule has 1 N–H and O–H groups in total. The van der Waals surface area contributed by atoms with Crippen LogP contribution < -0.4 is 4.74 Å². The molecule has 4 aromatic rings. The van der Waals surface area contributed by atoms with E-state index in [4.69, 9.17) is 9.47 Å². The molecule has 2 heterocycles. The largest absolute Gasteiger partial charge is 0.488 e. The quantitative estimate of drug-likeness (QED) is 0.525. The fourth-order valence-corrected chi connectivity index (χ4v) is 3.04. The average Bonchev–Trinajstić information content (AvgIpc) is 3.05. The van der Waals surface area contributed by atoms with Crippen LogP contribution in [0.3, 0.4) is 0 Å². The summed E-state index contributed by atoms with van der Waals surface area (Å²) in [6, 6.07) is 13.6.